The van der Waals surface area contributed by atoms with Crippen LogP contribution in [0, 0.1) is 0 Å². The molecule has 0 bridgehead atoms. The van der Waals surface area contributed by atoms with E-state index in [-0.39, 0.29) is 5.41 Å². The van der Waals surface area contributed by atoms with Crippen LogP contribution in [0.3, 0.4) is 0 Å². The summed E-state index contributed by atoms with van der Waals surface area (Å²) in [6, 6.07) is 38.9. The Bertz CT molecular complexity index is 1730. The lowest BCUT2D eigenvalue weighted by molar-refractivity contribution is 0.632. The fraction of sp³-hybridized carbons (Fsp3) is 0.0909. The van der Waals surface area contributed by atoms with Crippen molar-refractivity contribution in [2.75, 3.05) is 4.90 Å². The number of benzene rings is 5. The van der Waals surface area contributed by atoms with Gasteiger partial charge in [-0.2, -0.15) is 0 Å². The molecule has 0 N–H and O–H groups in total. The third kappa shape index (κ3) is 3.09. The summed E-state index contributed by atoms with van der Waals surface area (Å²) in [7, 11) is 0. The van der Waals surface area contributed by atoms with E-state index in [1.807, 2.05) is 12.1 Å². The van der Waals surface area contributed by atoms with E-state index in [1.165, 1.54) is 22.5 Å². The Balaban J connectivity index is 1.58. The van der Waals surface area contributed by atoms with Gasteiger partial charge in [0.1, 0.15) is 11.2 Å². The minimum absolute atomic E-state index is 0.0926. The Hall–Kier alpha value is -3.82. The van der Waals surface area contributed by atoms with E-state index in [1.54, 1.807) is 0 Å². The van der Waals surface area contributed by atoms with Crippen LogP contribution in [-0.4, -0.2) is 0 Å². The Kier molecular flexibility index (Phi) is 4.67. The lowest BCUT2D eigenvalue weighted by atomic mass is 9.73. The first-order valence-electron chi connectivity index (χ1n) is 12.2. The molecule has 7 rings (SSSR count). The summed E-state index contributed by atoms with van der Waals surface area (Å²) in [5.74, 6) is 0. The van der Waals surface area contributed by atoms with Gasteiger partial charge in [-0.25, -0.2) is 0 Å². The van der Waals surface area contributed by atoms with Crippen molar-refractivity contribution in [3.63, 3.8) is 0 Å². The molecule has 0 atom stereocenters. The van der Waals surface area contributed by atoms with Crippen molar-refractivity contribution in [3.05, 3.63) is 125 Å². The van der Waals surface area contributed by atoms with Crippen molar-refractivity contribution >= 4 is 54.9 Å². The molecule has 174 valence electrons. The van der Waals surface area contributed by atoms with Crippen LogP contribution in [0.1, 0.15) is 25.0 Å². The summed E-state index contributed by atoms with van der Waals surface area (Å²) in [5.41, 5.74) is 10.2. The summed E-state index contributed by atoms with van der Waals surface area (Å²) in [5, 5.41) is 2.26. The minimum atomic E-state index is -0.0926. The summed E-state index contributed by atoms with van der Waals surface area (Å²) in [6.07, 6.45) is 0. The number of fused-ring (bicyclic) bond motifs is 5. The zero-order valence-corrected chi connectivity index (χ0v) is 21.7. The van der Waals surface area contributed by atoms with Crippen molar-refractivity contribution in [1.82, 2.24) is 0 Å². The predicted molar refractivity (Wildman–Crippen MR) is 154 cm³/mol. The number of anilines is 3. The highest BCUT2D eigenvalue weighted by Gasteiger charge is 2.36. The number of para-hydroxylation sites is 3. The molecule has 0 spiro atoms. The van der Waals surface area contributed by atoms with Crippen molar-refractivity contribution in [2.45, 2.75) is 19.3 Å². The summed E-state index contributed by atoms with van der Waals surface area (Å²) >= 11 is 3.59. The number of halogens is 1. The van der Waals surface area contributed by atoms with Crippen LogP contribution in [0.5, 0.6) is 0 Å². The number of rotatable bonds is 2. The average Bonchev–Trinajstić information content (AvgIpc) is 3.28. The second-order valence-corrected chi connectivity index (χ2v) is 10.9. The third-order valence-corrected chi connectivity index (χ3v) is 8.04. The lowest BCUT2D eigenvalue weighted by Gasteiger charge is -2.42. The van der Waals surface area contributed by atoms with Crippen molar-refractivity contribution < 1.29 is 4.42 Å². The first-order valence-corrected chi connectivity index (χ1v) is 13.0. The number of furan rings is 1. The smallest absolute Gasteiger partial charge is 0.143 e. The van der Waals surface area contributed by atoms with E-state index >= 15 is 0 Å². The fourth-order valence-corrected chi connectivity index (χ4v) is 6.00. The Morgan fingerprint density at radius 3 is 1.97 bits per heavy atom. The molecule has 0 saturated carbocycles. The quantitative estimate of drug-likeness (QED) is 0.221. The van der Waals surface area contributed by atoms with Crippen molar-refractivity contribution in [3.8, 4) is 11.1 Å². The van der Waals surface area contributed by atoms with Crippen LogP contribution in [-0.2, 0) is 5.41 Å². The number of nitrogens with zero attached hydrogens (tertiary/aromatic N) is 1. The SMILES string of the molecule is CC1(C)c2ccccc2N(c2cc(-c3ccc(Br)cc3)c3oc4ccccc4c3c2)c2ccccc21. The topological polar surface area (TPSA) is 16.4 Å². The lowest BCUT2D eigenvalue weighted by Crippen LogP contribution is -2.30. The highest BCUT2D eigenvalue weighted by molar-refractivity contribution is 9.10. The molecule has 6 aromatic rings. The van der Waals surface area contributed by atoms with Crippen LogP contribution in [0.25, 0.3) is 33.1 Å². The highest BCUT2D eigenvalue weighted by atomic mass is 79.9. The Morgan fingerprint density at radius 1 is 0.667 bits per heavy atom. The molecular formula is C33H24BrNO. The van der Waals surface area contributed by atoms with Gasteiger partial charge in [-0.1, -0.05) is 96.5 Å². The van der Waals surface area contributed by atoms with Crippen LogP contribution in [0.2, 0.25) is 0 Å². The molecule has 0 radical (unpaired) electrons. The second kappa shape index (κ2) is 7.84. The average molecular weight is 530 g/mol. The zero-order valence-electron chi connectivity index (χ0n) is 20.1. The van der Waals surface area contributed by atoms with E-state index in [4.69, 9.17) is 4.42 Å². The van der Waals surface area contributed by atoms with E-state index < -0.39 is 0 Å². The molecule has 0 fully saturated rings. The molecule has 1 aliphatic heterocycles. The first-order chi connectivity index (χ1) is 17.5. The zero-order chi connectivity index (χ0) is 24.4. The molecule has 3 heteroatoms. The molecule has 0 saturated heterocycles. The van der Waals surface area contributed by atoms with Crippen molar-refractivity contribution in [2.24, 2.45) is 0 Å². The monoisotopic (exact) mass is 529 g/mol. The Labute approximate surface area is 218 Å². The van der Waals surface area contributed by atoms with Gasteiger partial charge >= 0.3 is 0 Å². The molecule has 1 aromatic heterocycles. The molecule has 0 amide bonds. The van der Waals surface area contributed by atoms with Crippen LogP contribution in [0.4, 0.5) is 17.1 Å². The molecular weight excluding hydrogens is 506 g/mol. The maximum Gasteiger partial charge on any atom is 0.143 e. The van der Waals surface area contributed by atoms with E-state index in [2.05, 4.69) is 132 Å². The maximum absolute atomic E-state index is 6.45. The molecule has 1 aliphatic rings. The van der Waals surface area contributed by atoms with Gasteiger partial charge in [0.25, 0.3) is 0 Å². The largest absolute Gasteiger partial charge is 0.455 e. The molecule has 5 aromatic carbocycles. The summed E-state index contributed by atoms with van der Waals surface area (Å²) in [4.78, 5) is 2.42. The van der Waals surface area contributed by atoms with E-state index in [0.29, 0.717) is 0 Å². The normalized spacial score (nSPS) is 14.1. The van der Waals surface area contributed by atoms with Gasteiger partial charge in [-0.15, -0.1) is 0 Å². The van der Waals surface area contributed by atoms with Crippen LogP contribution >= 0.6 is 15.9 Å². The summed E-state index contributed by atoms with van der Waals surface area (Å²) in [6.45, 7) is 4.64. The number of hydrogen-bond donors (Lipinski definition) is 0. The minimum Gasteiger partial charge on any atom is -0.455 e. The standard InChI is InChI=1S/C33H24BrNO/c1-33(2)27-10-4-6-12-29(27)35(30-13-7-5-11-28(30)33)23-19-25(21-15-17-22(34)18-16-21)32-26(20-23)24-9-3-8-14-31(24)36-32/h3-20H,1-2H3. The predicted octanol–water partition coefficient (Wildman–Crippen LogP) is 10.1. The van der Waals surface area contributed by atoms with Gasteiger partial charge in [0.05, 0.1) is 11.4 Å². The fourth-order valence-electron chi connectivity index (χ4n) is 5.73. The molecule has 36 heavy (non-hydrogen) atoms. The van der Waals surface area contributed by atoms with Crippen LogP contribution < -0.4 is 4.90 Å². The highest BCUT2D eigenvalue weighted by Crippen LogP contribution is 2.53. The van der Waals surface area contributed by atoms with Gasteiger partial charge in [0.15, 0.2) is 0 Å². The molecule has 2 heterocycles. The van der Waals surface area contributed by atoms with Crippen LogP contribution in [0.15, 0.2) is 118 Å². The summed E-state index contributed by atoms with van der Waals surface area (Å²) < 4.78 is 7.51. The second-order valence-electron chi connectivity index (χ2n) is 9.97. The van der Waals surface area contributed by atoms with Gasteiger partial charge < -0.3 is 9.32 Å². The molecule has 0 aliphatic carbocycles. The Morgan fingerprint density at radius 2 is 1.28 bits per heavy atom. The molecule has 2 nitrogen and oxygen atoms in total. The molecule has 0 unspecified atom stereocenters. The van der Waals surface area contributed by atoms with Gasteiger partial charge in [0.2, 0.25) is 0 Å². The van der Waals surface area contributed by atoms with E-state index in [9.17, 15) is 0 Å². The van der Waals surface area contributed by atoms with Gasteiger partial charge in [0, 0.05) is 31.9 Å². The van der Waals surface area contributed by atoms with Gasteiger partial charge in [-0.05, 0) is 59.2 Å². The van der Waals surface area contributed by atoms with E-state index in [0.717, 1.165) is 43.2 Å². The maximum atomic E-state index is 6.45. The first kappa shape index (κ1) is 21.5. The van der Waals surface area contributed by atoms with Gasteiger partial charge in [-0.3, -0.25) is 0 Å². The third-order valence-electron chi connectivity index (χ3n) is 7.51. The van der Waals surface area contributed by atoms with Crippen molar-refractivity contribution in [1.29, 1.82) is 0 Å². The number of hydrogen-bond acceptors (Lipinski definition) is 2.